The highest BCUT2D eigenvalue weighted by atomic mass is 16.3. The van der Waals surface area contributed by atoms with Crippen LogP contribution in [0.1, 0.15) is 25.0 Å². The smallest absolute Gasteiger partial charge is 0.126 e. The highest BCUT2D eigenvalue weighted by molar-refractivity contribution is 5.34. The zero-order valence-corrected chi connectivity index (χ0v) is 11.3. The Balaban J connectivity index is 1.78. The summed E-state index contributed by atoms with van der Waals surface area (Å²) in [5, 5.41) is 13.7. The van der Waals surface area contributed by atoms with Crippen LogP contribution in [0.3, 0.4) is 0 Å². The molecule has 0 radical (unpaired) electrons. The van der Waals surface area contributed by atoms with Gasteiger partial charge < -0.3 is 15.3 Å². The van der Waals surface area contributed by atoms with Crippen molar-refractivity contribution in [1.82, 2.24) is 9.88 Å². The summed E-state index contributed by atoms with van der Waals surface area (Å²) in [6, 6.07) is 5.94. The number of likely N-dealkylation sites (tertiary alicyclic amines) is 1. The van der Waals surface area contributed by atoms with E-state index in [1.165, 1.54) is 0 Å². The Hall–Kier alpha value is -1.13. The summed E-state index contributed by atoms with van der Waals surface area (Å²) < 4.78 is 0. The molecule has 0 unspecified atom stereocenters. The maximum atomic E-state index is 10.4. The molecule has 4 nitrogen and oxygen atoms in total. The molecule has 1 aliphatic heterocycles. The summed E-state index contributed by atoms with van der Waals surface area (Å²) in [4.78, 5) is 6.66. The molecular formula is C14H23N3O. The first kappa shape index (κ1) is 13.3. The van der Waals surface area contributed by atoms with Crippen molar-refractivity contribution in [2.45, 2.75) is 31.8 Å². The summed E-state index contributed by atoms with van der Waals surface area (Å²) in [5.41, 5.74) is 0.515. The van der Waals surface area contributed by atoms with Gasteiger partial charge in [-0.05, 0) is 45.4 Å². The molecule has 2 N–H and O–H groups in total. The van der Waals surface area contributed by atoms with E-state index in [0.29, 0.717) is 0 Å². The van der Waals surface area contributed by atoms with Crippen molar-refractivity contribution in [3.05, 3.63) is 23.9 Å². The number of aliphatic hydroxyl groups is 1. The molecule has 2 rings (SSSR count). The van der Waals surface area contributed by atoms with Crippen LogP contribution in [-0.4, -0.2) is 47.3 Å². The molecule has 1 aliphatic rings. The van der Waals surface area contributed by atoms with Gasteiger partial charge in [0.25, 0.3) is 0 Å². The van der Waals surface area contributed by atoms with E-state index in [0.717, 1.165) is 50.4 Å². The van der Waals surface area contributed by atoms with Crippen molar-refractivity contribution in [2.24, 2.45) is 0 Å². The van der Waals surface area contributed by atoms with Crippen LogP contribution in [0.2, 0.25) is 0 Å². The second kappa shape index (κ2) is 5.67. The van der Waals surface area contributed by atoms with E-state index < -0.39 is 5.60 Å². The van der Waals surface area contributed by atoms with Crippen LogP contribution in [-0.2, 0) is 0 Å². The number of pyridine rings is 1. The fourth-order valence-corrected chi connectivity index (χ4v) is 2.35. The molecule has 1 saturated heterocycles. The van der Waals surface area contributed by atoms with Gasteiger partial charge in [-0.15, -0.1) is 0 Å². The number of nitrogens with one attached hydrogen (secondary N) is 1. The molecule has 1 aromatic rings. The van der Waals surface area contributed by atoms with Crippen LogP contribution in [0.5, 0.6) is 0 Å². The summed E-state index contributed by atoms with van der Waals surface area (Å²) in [6.45, 7) is 4.73. The lowest BCUT2D eigenvalue weighted by Gasteiger charge is -2.36. The normalized spacial score (nSPS) is 19.7. The molecule has 0 amide bonds. The van der Waals surface area contributed by atoms with Crippen LogP contribution >= 0.6 is 0 Å². The highest BCUT2D eigenvalue weighted by Gasteiger charge is 2.30. The van der Waals surface area contributed by atoms with Crippen LogP contribution in [0.15, 0.2) is 18.2 Å². The molecule has 100 valence electrons. The standard InChI is InChI=1S/C14H23N3O/c1-12-4-3-5-13(16-12)15-9-6-14(18)7-10-17(2)11-8-14/h3-5,18H,6-11H2,1-2H3,(H,15,16). The first-order valence-electron chi connectivity index (χ1n) is 6.66. The quantitative estimate of drug-likeness (QED) is 0.852. The summed E-state index contributed by atoms with van der Waals surface area (Å²) >= 11 is 0. The number of hydrogen-bond acceptors (Lipinski definition) is 4. The molecular weight excluding hydrogens is 226 g/mol. The van der Waals surface area contributed by atoms with Crippen LogP contribution < -0.4 is 5.32 Å². The van der Waals surface area contributed by atoms with Gasteiger partial charge in [0.1, 0.15) is 5.82 Å². The molecule has 18 heavy (non-hydrogen) atoms. The Morgan fingerprint density at radius 2 is 2.11 bits per heavy atom. The third-order valence-electron chi connectivity index (χ3n) is 3.70. The average molecular weight is 249 g/mol. The van der Waals surface area contributed by atoms with Crippen molar-refractivity contribution >= 4 is 5.82 Å². The van der Waals surface area contributed by atoms with Crippen LogP contribution in [0.25, 0.3) is 0 Å². The zero-order chi connectivity index (χ0) is 13.0. The van der Waals surface area contributed by atoms with E-state index in [1.807, 2.05) is 25.1 Å². The molecule has 4 heteroatoms. The fourth-order valence-electron chi connectivity index (χ4n) is 2.35. The number of nitrogens with zero attached hydrogens (tertiary/aromatic N) is 2. The van der Waals surface area contributed by atoms with Crippen LogP contribution in [0, 0.1) is 6.92 Å². The lowest BCUT2D eigenvalue weighted by Crippen LogP contribution is -2.43. The zero-order valence-electron chi connectivity index (χ0n) is 11.3. The van der Waals surface area contributed by atoms with Gasteiger partial charge in [-0.1, -0.05) is 6.07 Å². The van der Waals surface area contributed by atoms with Gasteiger partial charge in [0.05, 0.1) is 5.60 Å². The molecule has 1 fully saturated rings. The predicted molar refractivity (Wildman–Crippen MR) is 73.8 cm³/mol. The monoisotopic (exact) mass is 249 g/mol. The molecule has 0 spiro atoms. The summed E-state index contributed by atoms with van der Waals surface area (Å²) in [6.07, 6.45) is 2.52. The average Bonchev–Trinajstić information content (AvgIpc) is 2.34. The summed E-state index contributed by atoms with van der Waals surface area (Å²) in [5.74, 6) is 0.895. The maximum Gasteiger partial charge on any atom is 0.126 e. The van der Waals surface area contributed by atoms with Crippen molar-refractivity contribution in [3.63, 3.8) is 0 Å². The maximum absolute atomic E-state index is 10.4. The minimum absolute atomic E-state index is 0.497. The molecule has 2 heterocycles. The molecule has 0 aliphatic carbocycles. The first-order valence-corrected chi connectivity index (χ1v) is 6.66. The molecule has 0 atom stereocenters. The van der Waals surface area contributed by atoms with Crippen LogP contribution in [0.4, 0.5) is 5.82 Å². The number of aromatic nitrogens is 1. The number of anilines is 1. The molecule has 0 aromatic carbocycles. The fraction of sp³-hybridized carbons (Fsp3) is 0.643. The Bertz CT molecular complexity index is 386. The van der Waals surface area contributed by atoms with Gasteiger partial charge in [-0.3, -0.25) is 0 Å². The Kier molecular flexibility index (Phi) is 4.19. The minimum atomic E-state index is -0.497. The topological polar surface area (TPSA) is 48.4 Å². The van der Waals surface area contributed by atoms with Gasteiger partial charge in [-0.25, -0.2) is 4.98 Å². The number of aryl methyl sites for hydroxylation is 1. The molecule has 0 saturated carbocycles. The van der Waals surface area contributed by atoms with E-state index in [2.05, 4.69) is 22.2 Å². The minimum Gasteiger partial charge on any atom is -0.390 e. The van der Waals surface area contributed by atoms with Gasteiger partial charge in [-0.2, -0.15) is 0 Å². The highest BCUT2D eigenvalue weighted by Crippen LogP contribution is 2.24. The number of rotatable bonds is 4. The van der Waals surface area contributed by atoms with Crippen molar-refractivity contribution in [3.8, 4) is 0 Å². The summed E-state index contributed by atoms with van der Waals surface area (Å²) in [7, 11) is 2.11. The van der Waals surface area contributed by atoms with E-state index in [1.54, 1.807) is 0 Å². The second-order valence-electron chi connectivity index (χ2n) is 5.37. The molecule has 0 bridgehead atoms. The Morgan fingerprint density at radius 3 is 2.78 bits per heavy atom. The third-order valence-corrected chi connectivity index (χ3v) is 3.70. The SMILES string of the molecule is Cc1cccc(NCCC2(O)CCN(C)CC2)n1. The largest absolute Gasteiger partial charge is 0.390 e. The number of piperidine rings is 1. The van der Waals surface area contributed by atoms with E-state index in [-0.39, 0.29) is 0 Å². The van der Waals surface area contributed by atoms with Gasteiger partial charge in [0.2, 0.25) is 0 Å². The lowest BCUT2D eigenvalue weighted by molar-refractivity contribution is -0.0194. The third kappa shape index (κ3) is 3.68. The Labute approximate surface area is 109 Å². The Morgan fingerprint density at radius 1 is 1.39 bits per heavy atom. The van der Waals surface area contributed by atoms with Crippen molar-refractivity contribution in [2.75, 3.05) is 32.0 Å². The van der Waals surface area contributed by atoms with Crippen molar-refractivity contribution < 1.29 is 5.11 Å². The van der Waals surface area contributed by atoms with Gasteiger partial charge >= 0.3 is 0 Å². The first-order chi connectivity index (χ1) is 8.57. The van der Waals surface area contributed by atoms with Gasteiger partial charge in [0, 0.05) is 25.3 Å². The predicted octanol–water partition coefficient (Wildman–Crippen LogP) is 1.65. The van der Waals surface area contributed by atoms with Crippen molar-refractivity contribution in [1.29, 1.82) is 0 Å². The second-order valence-corrected chi connectivity index (χ2v) is 5.37. The van der Waals surface area contributed by atoms with Gasteiger partial charge in [0.15, 0.2) is 0 Å². The van der Waals surface area contributed by atoms with E-state index >= 15 is 0 Å². The number of hydrogen-bond donors (Lipinski definition) is 2. The van der Waals surface area contributed by atoms with E-state index in [4.69, 9.17) is 0 Å². The lowest BCUT2D eigenvalue weighted by atomic mass is 9.88. The molecule has 1 aromatic heterocycles. The van der Waals surface area contributed by atoms with E-state index in [9.17, 15) is 5.11 Å².